The van der Waals surface area contributed by atoms with Crippen LogP contribution in [0.5, 0.6) is 5.75 Å². The van der Waals surface area contributed by atoms with Crippen molar-refractivity contribution in [1.29, 1.82) is 0 Å². The van der Waals surface area contributed by atoms with Gasteiger partial charge in [-0.05, 0) is 52.0 Å². The molecule has 3 rings (SSSR count). The molecule has 1 aliphatic rings. The molecule has 142 valence electrons. The quantitative estimate of drug-likeness (QED) is 0.729. The summed E-state index contributed by atoms with van der Waals surface area (Å²) in [7, 11) is 5.79. The number of benzene rings is 1. The van der Waals surface area contributed by atoms with Gasteiger partial charge in [0.25, 0.3) is 0 Å². The summed E-state index contributed by atoms with van der Waals surface area (Å²) in [4.78, 5) is 22.1. The SMILES string of the molecule is COc1ccc2sc(N(CCCN(C)C)C(=O)C3CCCCC3)nc2c1. The molecular formula is C20H29N3O2S. The number of carbonyl (C=O) groups excluding carboxylic acids is 1. The second-order valence-electron chi connectivity index (χ2n) is 7.31. The molecule has 5 nitrogen and oxygen atoms in total. The highest BCUT2D eigenvalue weighted by atomic mass is 32.1. The van der Waals surface area contributed by atoms with Gasteiger partial charge in [0.2, 0.25) is 5.91 Å². The van der Waals surface area contributed by atoms with Gasteiger partial charge in [0.05, 0.1) is 17.3 Å². The van der Waals surface area contributed by atoms with E-state index >= 15 is 0 Å². The van der Waals surface area contributed by atoms with Crippen LogP contribution in [-0.2, 0) is 4.79 Å². The molecule has 1 amide bonds. The molecule has 0 aliphatic heterocycles. The average molecular weight is 376 g/mol. The molecule has 0 radical (unpaired) electrons. The van der Waals surface area contributed by atoms with Crippen LogP contribution in [-0.4, -0.2) is 50.1 Å². The fourth-order valence-corrected chi connectivity index (χ4v) is 4.53. The molecule has 6 heteroatoms. The maximum atomic E-state index is 13.2. The summed E-state index contributed by atoms with van der Waals surface area (Å²) < 4.78 is 6.40. The Labute approximate surface area is 160 Å². The lowest BCUT2D eigenvalue weighted by atomic mass is 9.88. The minimum absolute atomic E-state index is 0.157. The van der Waals surface area contributed by atoms with Crippen LogP contribution < -0.4 is 9.64 Å². The highest BCUT2D eigenvalue weighted by Crippen LogP contribution is 2.34. The number of fused-ring (bicyclic) bond motifs is 1. The zero-order valence-corrected chi connectivity index (χ0v) is 16.8. The van der Waals surface area contributed by atoms with Crippen molar-refractivity contribution in [3.63, 3.8) is 0 Å². The van der Waals surface area contributed by atoms with Crippen LogP contribution in [0.4, 0.5) is 5.13 Å². The van der Waals surface area contributed by atoms with E-state index in [1.165, 1.54) is 19.3 Å². The minimum Gasteiger partial charge on any atom is -0.497 e. The number of carbonyl (C=O) groups is 1. The first-order valence-corrected chi connectivity index (χ1v) is 10.3. The summed E-state index contributed by atoms with van der Waals surface area (Å²) >= 11 is 1.60. The lowest BCUT2D eigenvalue weighted by Crippen LogP contribution is -2.38. The third-order valence-electron chi connectivity index (χ3n) is 5.02. The van der Waals surface area contributed by atoms with Gasteiger partial charge in [-0.15, -0.1) is 0 Å². The molecular weight excluding hydrogens is 346 g/mol. The standard InChI is InChI=1S/C20H29N3O2S/c1-22(2)12-7-13-23(19(24)15-8-5-4-6-9-15)20-21-17-14-16(25-3)10-11-18(17)26-20/h10-11,14-15H,4-9,12-13H2,1-3H3. The molecule has 1 heterocycles. The van der Waals surface area contributed by atoms with Crippen molar-refractivity contribution in [2.75, 3.05) is 39.2 Å². The van der Waals surface area contributed by atoms with Gasteiger partial charge in [-0.2, -0.15) is 0 Å². The predicted octanol–water partition coefficient (Wildman–Crippen LogP) is 4.17. The molecule has 1 aromatic carbocycles. The summed E-state index contributed by atoms with van der Waals surface area (Å²) in [5.41, 5.74) is 0.901. The number of anilines is 1. The van der Waals surface area contributed by atoms with Gasteiger partial charge in [-0.3, -0.25) is 9.69 Å². The third-order valence-corrected chi connectivity index (χ3v) is 6.08. The molecule has 1 fully saturated rings. The Hall–Kier alpha value is -1.66. The number of hydrogen-bond acceptors (Lipinski definition) is 5. The Morgan fingerprint density at radius 2 is 2.00 bits per heavy atom. The lowest BCUT2D eigenvalue weighted by Gasteiger charge is -2.28. The fraction of sp³-hybridized carbons (Fsp3) is 0.600. The number of methoxy groups -OCH3 is 1. The van der Waals surface area contributed by atoms with Gasteiger partial charge < -0.3 is 9.64 Å². The van der Waals surface area contributed by atoms with E-state index in [1.807, 2.05) is 23.1 Å². The molecule has 0 N–H and O–H groups in total. The van der Waals surface area contributed by atoms with Crippen molar-refractivity contribution in [2.24, 2.45) is 5.92 Å². The predicted molar refractivity (Wildman–Crippen MR) is 108 cm³/mol. The van der Waals surface area contributed by atoms with Crippen molar-refractivity contribution in [2.45, 2.75) is 38.5 Å². The molecule has 1 aromatic heterocycles. The van der Waals surface area contributed by atoms with Gasteiger partial charge in [-0.25, -0.2) is 4.98 Å². The molecule has 0 bridgehead atoms. The maximum absolute atomic E-state index is 13.2. The van der Waals surface area contributed by atoms with Gasteiger partial charge in [-0.1, -0.05) is 30.6 Å². The maximum Gasteiger partial charge on any atom is 0.231 e. The summed E-state index contributed by atoms with van der Waals surface area (Å²) in [6.45, 7) is 1.69. The van der Waals surface area contributed by atoms with E-state index in [9.17, 15) is 4.79 Å². The van der Waals surface area contributed by atoms with Crippen LogP contribution >= 0.6 is 11.3 Å². The molecule has 26 heavy (non-hydrogen) atoms. The van der Waals surface area contributed by atoms with Crippen LogP contribution in [0.25, 0.3) is 10.2 Å². The van der Waals surface area contributed by atoms with E-state index < -0.39 is 0 Å². The normalized spacial score (nSPS) is 15.5. The monoisotopic (exact) mass is 375 g/mol. The number of nitrogens with zero attached hydrogens (tertiary/aromatic N) is 3. The largest absolute Gasteiger partial charge is 0.497 e. The highest BCUT2D eigenvalue weighted by Gasteiger charge is 2.28. The first kappa shape index (κ1) is 19.1. The van der Waals surface area contributed by atoms with Crippen LogP contribution in [0.3, 0.4) is 0 Å². The van der Waals surface area contributed by atoms with Crippen molar-refractivity contribution in [1.82, 2.24) is 9.88 Å². The second kappa shape index (κ2) is 8.82. The van der Waals surface area contributed by atoms with E-state index in [0.717, 1.165) is 53.4 Å². The number of rotatable bonds is 7. The zero-order chi connectivity index (χ0) is 18.5. The van der Waals surface area contributed by atoms with Crippen LogP contribution in [0.2, 0.25) is 0 Å². The van der Waals surface area contributed by atoms with E-state index in [4.69, 9.17) is 9.72 Å². The zero-order valence-electron chi connectivity index (χ0n) is 16.0. The summed E-state index contributed by atoms with van der Waals surface area (Å²) in [5, 5.41) is 0.822. The molecule has 0 saturated heterocycles. The van der Waals surface area contributed by atoms with Crippen LogP contribution in [0.15, 0.2) is 18.2 Å². The Morgan fingerprint density at radius 1 is 1.23 bits per heavy atom. The van der Waals surface area contributed by atoms with Crippen molar-refractivity contribution in [3.05, 3.63) is 18.2 Å². The Morgan fingerprint density at radius 3 is 2.69 bits per heavy atom. The Bertz CT molecular complexity index is 738. The summed E-state index contributed by atoms with van der Waals surface area (Å²) in [6.07, 6.45) is 6.57. The van der Waals surface area contributed by atoms with Gasteiger partial charge >= 0.3 is 0 Å². The lowest BCUT2D eigenvalue weighted by molar-refractivity contribution is -0.123. The Kier molecular flexibility index (Phi) is 6.48. The fourth-order valence-electron chi connectivity index (χ4n) is 3.55. The molecule has 1 saturated carbocycles. The van der Waals surface area contributed by atoms with Crippen LogP contribution in [0.1, 0.15) is 38.5 Å². The number of ether oxygens (including phenoxy) is 1. The number of thiazole rings is 1. The van der Waals surface area contributed by atoms with E-state index in [0.29, 0.717) is 0 Å². The highest BCUT2D eigenvalue weighted by molar-refractivity contribution is 7.22. The third kappa shape index (κ3) is 4.54. The molecule has 0 atom stereocenters. The smallest absolute Gasteiger partial charge is 0.231 e. The summed E-state index contributed by atoms with van der Waals surface area (Å²) in [5.74, 6) is 1.21. The van der Waals surface area contributed by atoms with Crippen molar-refractivity contribution in [3.8, 4) is 5.75 Å². The van der Waals surface area contributed by atoms with Gasteiger partial charge in [0.15, 0.2) is 5.13 Å². The first-order valence-electron chi connectivity index (χ1n) is 9.49. The van der Waals surface area contributed by atoms with Crippen molar-refractivity contribution < 1.29 is 9.53 Å². The van der Waals surface area contributed by atoms with Gasteiger partial charge in [0.1, 0.15) is 5.75 Å². The summed E-state index contributed by atoms with van der Waals surface area (Å²) in [6, 6.07) is 5.92. The van der Waals surface area contributed by atoms with Crippen molar-refractivity contribution >= 4 is 32.6 Å². The first-order chi connectivity index (χ1) is 12.6. The van der Waals surface area contributed by atoms with E-state index in [1.54, 1.807) is 18.4 Å². The number of aromatic nitrogens is 1. The number of hydrogen-bond donors (Lipinski definition) is 0. The molecule has 1 aliphatic carbocycles. The molecule has 0 spiro atoms. The number of amides is 1. The second-order valence-corrected chi connectivity index (χ2v) is 8.32. The van der Waals surface area contributed by atoms with E-state index in [2.05, 4.69) is 19.0 Å². The van der Waals surface area contributed by atoms with E-state index in [-0.39, 0.29) is 11.8 Å². The minimum atomic E-state index is 0.157. The topological polar surface area (TPSA) is 45.7 Å². The Balaban J connectivity index is 1.84. The van der Waals surface area contributed by atoms with Crippen LogP contribution in [0, 0.1) is 5.92 Å². The molecule has 2 aromatic rings. The van der Waals surface area contributed by atoms with Gasteiger partial charge in [0, 0.05) is 18.5 Å². The average Bonchev–Trinajstić information content (AvgIpc) is 3.07. The molecule has 0 unspecified atom stereocenters.